The Labute approximate surface area is 120 Å². The number of nitrogens with two attached hydrogens (primary N) is 1. The number of aliphatic hydroxyl groups is 1. The molecule has 1 aliphatic carbocycles. The van der Waals surface area contributed by atoms with Crippen molar-refractivity contribution >= 4 is 11.9 Å². The van der Waals surface area contributed by atoms with E-state index in [1.165, 1.54) is 0 Å². The average Bonchev–Trinajstić information content (AvgIpc) is 2.53. The van der Waals surface area contributed by atoms with Crippen molar-refractivity contribution in [1.29, 1.82) is 0 Å². The first kappa shape index (κ1) is 16.8. The van der Waals surface area contributed by atoms with Crippen LogP contribution in [0, 0.1) is 5.92 Å². The van der Waals surface area contributed by atoms with E-state index in [9.17, 15) is 14.7 Å². The number of primary amides is 1. The van der Waals surface area contributed by atoms with Crippen LogP contribution in [-0.2, 0) is 4.79 Å². The zero-order valence-electron chi connectivity index (χ0n) is 12.4. The number of rotatable bonds is 5. The molecule has 1 rings (SSSR count). The van der Waals surface area contributed by atoms with Crippen molar-refractivity contribution in [2.45, 2.75) is 70.6 Å². The van der Waals surface area contributed by atoms with Crippen molar-refractivity contribution in [3.63, 3.8) is 0 Å². The Hall–Kier alpha value is -1.30. The molecule has 6 heteroatoms. The number of hydrogen-bond acceptors (Lipinski definition) is 3. The maximum atomic E-state index is 12.2. The second-order valence-electron chi connectivity index (χ2n) is 6.01. The summed E-state index contributed by atoms with van der Waals surface area (Å²) < 4.78 is 0. The first-order chi connectivity index (χ1) is 9.40. The first-order valence-corrected chi connectivity index (χ1v) is 7.44. The summed E-state index contributed by atoms with van der Waals surface area (Å²) in [4.78, 5) is 23.2. The third-order valence-corrected chi connectivity index (χ3v) is 3.65. The van der Waals surface area contributed by atoms with Crippen LogP contribution in [0.3, 0.4) is 0 Å². The highest BCUT2D eigenvalue weighted by Crippen LogP contribution is 2.18. The SMILES string of the molecule is CC(C)CC(NC(N)=O)C(=O)NC1CCCCCC1O. The Kier molecular flexibility index (Phi) is 6.78. The molecule has 1 aliphatic rings. The molecule has 1 fully saturated rings. The Morgan fingerprint density at radius 1 is 1.25 bits per heavy atom. The maximum absolute atomic E-state index is 12.2. The highest BCUT2D eigenvalue weighted by molar-refractivity contribution is 5.86. The normalized spacial score (nSPS) is 24.8. The molecule has 0 heterocycles. The summed E-state index contributed by atoms with van der Waals surface area (Å²) in [5.41, 5.74) is 5.11. The van der Waals surface area contributed by atoms with Crippen molar-refractivity contribution in [3.05, 3.63) is 0 Å². The molecule has 5 N–H and O–H groups in total. The molecule has 3 unspecified atom stereocenters. The molecule has 3 amide bonds. The Bertz CT molecular complexity index is 334. The summed E-state index contributed by atoms with van der Waals surface area (Å²) in [5, 5.41) is 15.4. The van der Waals surface area contributed by atoms with E-state index in [0.717, 1.165) is 25.7 Å². The largest absolute Gasteiger partial charge is 0.391 e. The van der Waals surface area contributed by atoms with Crippen LogP contribution < -0.4 is 16.4 Å². The summed E-state index contributed by atoms with van der Waals surface area (Å²) in [6.07, 6.45) is 4.58. The number of carbonyl (C=O) groups is 2. The number of aliphatic hydroxyl groups excluding tert-OH is 1. The molecule has 0 bridgehead atoms. The van der Waals surface area contributed by atoms with Gasteiger partial charge in [0.25, 0.3) is 0 Å². The average molecular weight is 285 g/mol. The van der Waals surface area contributed by atoms with E-state index >= 15 is 0 Å². The standard InChI is InChI=1S/C14H27N3O3/c1-9(2)8-11(17-14(15)20)13(19)16-10-6-4-3-5-7-12(10)18/h9-12,18H,3-8H2,1-2H3,(H,16,19)(H3,15,17,20). The van der Waals surface area contributed by atoms with Crippen molar-refractivity contribution in [3.8, 4) is 0 Å². The van der Waals surface area contributed by atoms with E-state index in [-0.39, 0.29) is 17.9 Å². The molecule has 0 aromatic heterocycles. The fourth-order valence-electron chi connectivity index (χ4n) is 2.61. The van der Waals surface area contributed by atoms with Crippen molar-refractivity contribution in [2.75, 3.05) is 0 Å². The predicted molar refractivity (Wildman–Crippen MR) is 77.0 cm³/mol. The smallest absolute Gasteiger partial charge is 0.312 e. The zero-order chi connectivity index (χ0) is 15.1. The minimum Gasteiger partial charge on any atom is -0.391 e. The quantitative estimate of drug-likeness (QED) is 0.563. The minimum absolute atomic E-state index is 0.227. The van der Waals surface area contributed by atoms with Gasteiger partial charge in [-0.15, -0.1) is 0 Å². The molecular weight excluding hydrogens is 258 g/mol. The van der Waals surface area contributed by atoms with E-state index < -0.39 is 18.2 Å². The minimum atomic E-state index is -0.702. The van der Waals surface area contributed by atoms with E-state index in [1.807, 2.05) is 13.8 Å². The summed E-state index contributed by atoms with van der Waals surface area (Å²) >= 11 is 0. The molecule has 6 nitrogen and oxygen atoms in total. The molecule has 0 saturated heterocycles. The van der Waals surface area contributed by atoms with Gasteiger partial charge >= 0.3 is 6.03 Å². The van der Waals surface area contributed by atoms with Crippen LogP contribution in [0.1, 0.15) is 52.4 Å². The first-order valence-electron chi connectivity index (χ1n) is 7.44. The van der Waals surface area contributed by atoms with Gasteiger partial charge in [-0.05, 0) is 25.2 Å². The molecule has 0 radical (unpaired) electrons. The van der Waals surface area contributed by atoms with Crippen molar-refractivity contribution < 1.29 is 14.7 Å². The maximum Gasteiger partial charge on any atom is 0.312 e. The molecule has 116 valence electrons. The second kappa shape index (κ2) is 8.09. The molecule has 0 aromatic rings. The van der Waals surface area contributed by atoms with E-state index in [4.69, 9.17) is 5.73 Å². The lowest BCUT2D eigenvalue weighted by molar-refractivity contribution is -0.125. The van der Waals surface area contributed by atoms with Crippen LogP contribution in [0.25, 0.3) is 0 Å². The number of nitrogens with one attached hydrogen (secondary N) is 2. The zero-order valence-corrected chi connectivity index (χ0v) is 12.4. The van der Waals surface area contributed by atoms with Gasteiger partial charge in [0, 0.05) is 0 Å². The summed E-state index contributed by atoms with van der Waals surface area (Å²) in [6, 6.07) is -1.57. The van der Waals surface area contributed by atoms with Crippen LogP contribution in [0.5, 0.6) is 0 Å². The number of urea groups is 1. The predicted octanol–water partition coefficient (Wildman–Crippen LogP) is 0.879. The van der Waals surface area contributed by atoms with E-state index in [0.29, 0.717) is 12.8 Å². The molecule has 0 aromatic carbocycles. The van der Waals surface area contributed by atoms with Gasteiger partial charge in [-0.1, -0.05) is 33.1 Å². The molecule has 1 saturated carbocycles. The number of hydrogen-bond donors (Lipinski definition) is 4. The van der Waals surface area contributed by atoms with Crippen LogP contribution >= 0.6 is 0 Å². The molecule has 0 aliphatic heterocycles. The lowest BCUT2D eigenvalue weighted by atomic mass is 10.0. The molecular formula is C14H27N3O3. The Morgan fingerprint density at radius 2 is 1.90 bits per heavy atom. The summed E-state index contributed by atoms with van der Waals surface area (Å²) in [6.45, 7) is 3.95. The highest BCUT2D eigenvalue weighted by Gasteiger charge is 2.27. The third kappa shape index (κ3) is 5.77. The van der Waals surface area contributed by atoms with Gasteiger partial charge in [-0.3, -0.25) is 4.79 Å². The molecule has 0 spiro atoms. The van der Waals surface area contributed by atoms with Crippen molar-refractivity contribution in [1.82, 2.24) is 10.6 Å². The molecule has 20 heavy (non-hydrogen) atoms. The monoisotopic (exact) mass is 285 g/mol. The number of carbonyl (C=O) groups excluding carboxylic acids is 2. The van der Waals surface area contributed by atoms with E-state index in [2.05, 4.69) is 10.6 Å². The van der Waals surface area contributed by atoms with Crippen LogP contribution in [0.4, 0.5) is 4.79 Å². The van der Waals surface area contributed by atoms with Crippen LogP contribution in [-0.4, -0.2) is 35.2 Å². The van der Waals surface area contributed by atoms with Gasteiger partial charge < -0.3 is 21.5 Å². The highest BCUT2D eigenvalue weighted by atomic mass is 16.3. The van der Waals surface area contributed by atoms with Gasteiger partial charge in [0.05, 0.1) is 12.1 Å². The van der Waals surface area contributed by atoms with Crippen LogP contribution in [0.2, 0.25) is 0 Å². The third-order valence-electron chi connectivity index (χ3n) is 3.65. The van der Waals surface area contributed by atoms with Crippen molar-refractivity contribution in [2.24, 2.45) is 11.7 Å². The van der Waals surface area contributed by atoms with Gasteiger partial charge in [0.1, 0.15) is 6.04 Å². The van der Waals surface area contributed by atoms with Gasteiger partial charge in [0.15, 0.2) is 0 Å². The van der Waals surface area contributed by atoms with Gasteiger partial charge in [0.2, 0.25) is 5.91 Å². The topological polar surface area (TPSA) is 104 Å². The van der Waals surface area contributed by atoms with Gasteiger partial charge in [-0.2, -0.15) is 0 Å². The lowest BCUT2D eigenvalue weighted by Gasteiger charge is -2.25. The van der Waals surface area contributed by atoms with Gasteiger partial charge in [-0.25, -0.2) is 4.79 Å². The summed E-state index contributed by atoms with van der Waals surface area (Å²) in [5.74, 6) is 0.0000992. The molecule has 3 atom stereocenters. The van der Waals surface area contributed by atoms with E-state index in [1.54, 1.807) is 0 Å². The Morgan fingerprint density at radius 3 is 2.50 bits per heavy atom. The summed E-state index contributed by atoms with van der Waals surface area (Å²) in [7, 11) is 0. The fourth-order valence-corrected chi connectivity index (χ4v) is 2.61. The fraction of sp³-hybridized carbons (Fsp3) is 0.857. The number of amides is 3. The Balaban J connectivity index is 2.61. The van der Waals surface area contributed by atoms with Crippen LogP contribution in [0.15, 0.2) is 0 Å². The lowest BCUT2D eigenvalue weighted by Crippen LogP contribution is -2.53. The second-order valence-corrected chi connectivity index (χ2v) is 6.01.